The third-order valence-electron chi connectivity index (χ3n) is 5.61. The lowest BCUT2D eigenvalue weighted by Gasteiger charge is -2.11. The molecule has 4 aromatic rings. The molecule has 1 aromatic heterocycles. The second-order valence-electron chi connectivity index (χ2n) is 7.60. The zero-order chi connectivity index (χ0) is 22.5. The van der Waals surface area contributed by atoms with Gasteiger partial charge in [0.2, 0.25) is 0 Å². The lowest BCUT2D eigenvalue weighted by molar-refractivity contribution is 0.0684. The largest absolute Gasteiger partial charge is 0.497 e. The topological polar surface area (TPSA) is 63.5 Å². The fourth-order valence-corrected chi connectivity index (χ4v) is 4.24. The minimum atomic E-state index is -0.933. The number of benzene rings is 3. The van der Waals surface area contributed by atoms with Crippen LogP contribution in [-0.4, -0.2) is 29.3 Å². The number of ether oxygens (including phenoxy) is 1. The number of hydrogen-bond donors (Lipinski definition) is 2. The van der Waals surface area contributed by atoms with Crippen molar-refractivity contribution in [2.24, 2.45) is 0 Å². The number of carboxylic acids is 1. The highest BCUT2D eigenvalue weighted by Gasteiger charge is 2.22. The number of nitrogens with one attached hydrogen (secondary N) is 1. The van der Waals surface area contributed by atoms with Gasteiger partial charge in [-0.3, -0.25) is 0 Å². The molecule has 164 valence electrons. The van der Waals surface area contributed by atoms with Crippen molar-refractivity contribution >= 4 is 28.5 Å². The number of carboxylic acid groups (broad SMARTS) is 1. The molecule has 0 saturated heterocycles. The van der Waals surface area contributed by atoms with E-state index in [4.69, 9.17) is 16.3 Å². The van der Waals surface area contributed by atoms with Crippen molar-refractivity contribution in [1.29, 1.82) is 0 Å². The van der Waals surface area contributed by atoms with Crippen molar-refractivity contribution in [1.82, 2.24) is 9.88 Å². The molecule has 0 fully saturated rings. The van der Waals surface area contributed by atoms with Crippen LogP contribution in [0.2, 0.25) is 5.02 Å². The Morgan fingerprint density at radius 2 is 1.75 bits per heavy atom. The van der Waals surface area contributed by atoms with E-state index in [9.17, 15) is 9.90 Å². The SMILES string of the molecule is COc1ccc(Cn2c(C(=O)O)c(CNCCc3ccccc3Cl)c3ccccc32)cc1. The van der Waals surface area contributed by atoms with Gasteiger partial charge in [0.15, 0.2) is 0 Å². The van der Waals surface area contributed by atoms with Crippen molar-refractivity contribution in [3.05, 3.63) is 100 Å². The van der Waals surface area contributed by atoms with E-state index in [1.54, 1.807) is 7.11 Å². The van der Waals surface area contributed by atoms with Crippen LogP contribution in [0.1, 0.15) is 27.2 Å². The van der Waals surface area contributed by atoms with Crippen molar-refractivity contribution < 1.29 is 14.6 Å². The minimum absolute atomic E-state index is 0.312. The first kappa shape index (κ1) is 21.9. The lowest BCUT2D eigenvalue weighted by Crippen LogP contribution is -2.19. The number of rotatable bonds is 9. The number of aromatic nitrogens is 1. The summed E-state index contributed by atoms with van der Waals surface area (Å²) in [5, 5.41) is 15.2. The average molecular weight is 449 g/mol. The molecular formula is C26H25ClN2O3. The van der Waals surface area contributed by atoms with Crippen LogP contribution in [0, 0.1) is 0 Å². The predicted molar refractivity (Wildman–Crippen MR) is 128 cm³/mol. The summed E-state index contributed by atoms with van der Waals surface area (Å²) in [5.41, 5.74) is 4.09. The Kier molecular flexibility index (Phi) is 6.78. The van der Waals surface area contributed by atoms with E-state index in [0.717, 1.165) is 44.8 Å². The Morgan fingerprint density at radius 3 is 2.47 bits per heavy atom. The lowest BCUT2D eigenvalue weighted by atomic mass is 10.1. The van der Waals surface area contributed by atoms with E-state index in [2.05, 4.69) is 5.32 Å². The zero-order valence-electron chi connectivity index (χ0n) is 17.8. The summed E-state index contributed by atoms with van der Waals surface area (Å²) in [7, 11) is 1.63. The van der Waals surface area contributed by atoms with Gasteiger partial charge in [-0.1, -0.05) is 60.1 Å². The van der Waals surface area contributed by atoms with Crippen LogP contribution < -0.4 is 10.1 Å². The zero-order valence-corrected chi connectivity index (χ0v) is 18.6. The summed E-state index contributed by atoms with van der Waals surface area (Å²) >= 11 is 6.25. The van der Waals surface area contributed by atoms with Crippen LogP contribution in [0.25, 0.3) is 10.9 Å². The normalized spacial score (nSPS) is 11.1. The van der Waals surface area contributed by atoms with Crippen molar-refractivity contribution in [3.8, 4) is 5.75 Å². The number of carbonyl (C=O) groups is 1. The van der Waals surface area contributed by atoms with Crippen LogP contribution in [0.5, 0.6) is 5.75 Å². The summed E-state index contributed by atoms with van der Waals surface area (Å²) in [6.07, 6.45) is 0.770. The Labute approximate surface area is 192 Å². The van der Waals surface area contributed by atoms with Crippen LogP contribution in [-0.2, 0) is 19.5 Å². The van der Waals surface area contributed by atoms with E-state index in [0.29, 0.717) is 25.3 Å². The Bertz CT molecular complexity index is 1230. The molecule has 0 amide bonds. The summed E-state index contributed by atoms with van der Waals surface area (Å²) in [5.74, 6) is -0.161. The maximum absolute atomic E-state index is 12.3. The smallest absolute Gasteiger partial charge is 0.352 e. The number of methoxy groups -OCH3 is 1. The van der Waals surface area contributed by atoms with Gasteiger partial charge in [-0.15, -0.1) is 0 Å². The van der Waals surface area contributed by atoms with Crippen LogP contribution in [0.3, 0.4) is 0 Å². The number of halogens is 1. The highest BCUT2D eigenvalue weighted by atomic mass is 35.5. The molecule has 0 bridgehead atoms. The van der Waals surface area contributed by atoms with Crippen LogP contribution >= 0.6 is 11.6 Å². The van der Waals surface area contributed by atoms with Gasteiger partial charge in [-0.25, -0.2) is 4.79 Å². The van der Waals surface area contributed by atoms with E-state index in [1.807, 2.05) is 77.4 Å². The van der Waals surface area contributed by atoms with E-state index >= 15 is 0 Å². The first-order chi connectivity index (χ1) is 15.6. The summed E-state index contributed by atoms with van der Waals surface area (Å²) in [4.78, 5) is 12.3. The number of aromatic carboxylic acids is 1. The summed E-state index contributed by atoms with van der Waals surface area (Å²) in [6, 6.07) is 23.3. The highest BCUT2D eigenvalue weighted by Crippen LogP contribution is 2.28. The molecule has 5 nitrogen and oxygen atoms in total. The van der Waals surface area contributed by atoms with Crippen LogP contribution in [0.4, 0.5) is 0 Å². The molecule has 0 saturated carbocycles. The van der Waals surface area contributed by atoms with Gasteiger partial charge in [0.1, 0.15) is 11.4 Å². The molecular weight excluding hydrogens is 424 g/mol. The monoisotopic (exact) mass is 448 g/mol. The summed E-state index contributed by atoms with van der Waals surface area (Å²) < 4.78 is 7.11. The van der Waals surface area contributed by atoms with Gasteiger partial charge < -0.3 is 19.7 Å². The third kappa shape index (κ3) is 4.64. The molecule has 6 heteroatoms. The predicted octanol–water partition coefficient (Wildman–Crippen LogP) is 5.38. The molecule has 0 aliphatic heterocycles. The highest BCUT2D eigenvalue weighted by molar-refractivity contribution is 6.31. The number of nitrogens with zero attached hydrogens (tertiary/aromatic N) is 1. The maximum Gasteiger partial charge on any atom is 0.352 e. The van der Waals surface area contributed by atoms with Crippen LogP contribution in [0.15, 0.2) is 72.8 Å². The maximum atomic E-state index is 12.3. The fourth-order valence-electron chi connectivity index (χ4n) is 4.01. The number of para-hydroxylation sites is 1. The van der Waals surface area contributed by atoms with E-state index in [1.165, 1.54) is 0 Å². The molecule has 4 rings (SSSR count). The van der Waals surface area contributed by atoms with Gasteiger partial charge in [0.05, 0.1) is 7.11 Å². The molecule has 0 aliphatic rings. The molecule has 3 aromatic carbocycles. The van der Waals surface area contributed by atoms with Gasteiger partial charge in [0, 0.05) is 34.6 Å². The van der Waals surface area contributed by atoms with Crippen molar-refractivity contribution in [2.45, 2.75) is 19.5 Å². The van der Waals surface area contributed by atoms with Gasteiger partial charge in [0.25, 0.3) is 0 Å². The standard InChI is InChI=1S/C26H25ClN2O3/c1-32-20-12-10-18(11-13-20)17-29-24-9-5-3-7-21(24)22(25(29)26(30)31)16-28-15-14-19-6-2-4-8-23(19)27/h2-13,28H,14-17H2,1H3,(H,30,31). The minimum Gasteiger partial charge on any atom is -0.497 e. The summed E-state index contributed by atoms with van der Waals surface area (Å²) in [6.45, 7) is 1.62. The molecule has 0 unspecified atom stereocenters. The first-order valence-electron chi connectivity index (χ1n) is 10.5. The molecule has 0 spiro atoms. The third-order valence-corrected chi connectivity index (χ3v) is 5.98. The molecule has 0 radical (unpaired) electrons. The quantitative estimate of drug-likeness (QED) is 0.337. The van der Waals surface area contributed by atoms with Crippen molar-refractivity contribution in [3.63, 3.8) is 0 Å². The second-order valence-corrected chi connectivity index (χ2v) is 8.01. The van der Waals surface area contributed by atoms with Gasteiger partial charge in [-0.2, -0.15) is 0 Å². The van der Waals surface area contributed by atoms with E-state index < -0.39 is 5.97 Å². The van der Waals surface area contributed by atoms with E-state index in [-0.39, 0.29) is 0 Å². The van der Waals surface area contributed by atoms with Gasteiger partial charge in [-0.05, 0) is 48.4 Å². The van der Waals surface area contributed by atoms with Crippen molar-refractivity contribution in [2.75, 3.05) is 13.7 Å². The molecule has 0 aliphatic carbocycles. The number of fused-ring (bicyclic) bond motifs is 1. The average Bonchev–Trinajstić information content (AvgIpc) is 3.12. The number of hydrogen-bond acceptors (Lipinski definition) is 3. The fraction of sp³-hybridized carbons (Fsp3) is 0.192. The molecule has 0 atom stereocenters. The second kappa shape index (κ2) is 9.90. The van der Waals surface area contributed by atoms with Gasteiger partial charge >= 0.3 is 5.97 Å². The molecule has 2 N–H and O–H groups in total. The Balaban J connectivity index is 1.61. The Hall–Kier alpha value is -3.28. The first-order valence-corrected chi connectivity index (χ1v) is 10.9. The molecule has 32 heavy (non-hydrogen) atoms. The Morgan fingerprint density at radius 1 is 1.03 bits per heavy atom. The molecule has 1 heterocycles.